The predicted molar refractivity (Wildman–Crippen MR) is 77.7 cm³/mol. The Morgan fingerprint density at radius 2 is 2.16 bits per heavy atom. The van der Waals surface area contributed by atoms with Crippen LogP contribution < -0.4 is 11.1 Å². The van der Waals surface area contributed by atoms with E-state index in [1.807, 2.05) is 25.1 Å². The first-order valence-electron chi connectivity index (χ1n) is 6.81. The SMILES string of the molecule is Cc1cc(NC(=O)C2CCCC2)ccc1C#CCN. The first-order chi connectivity index (χ1) is 9.20. The van der Waals surface area contributed by atoms with Crippen LogP contribution in [0.3, 0.4) is 0 Å². The Bertz CT molecular complexity index is 519. The second-order valence-corrected chi connectivity index (χ2v) is 5.01. The van der Waals surface area contributed by atoms with E-state index in [0.717, 1.165) is 29.7 Å². The molecule has 1 aliphatic rings. The number of carbonyl (C=O) groups is 1. The predicted octanol–water partition coefficient (Wildman–Crippen LogP) is 2.43. The highest BCUT2D eigenvalue weighted by Gasteiger charge is 2.22. The molecule has 2 rings (SSSR count). The topological polar surface area (TPSA) is 55.1 Å². The van der Waals surface area contributed by atoms with Crippen LogP contribution in [-0.4, -0.2) is 12.5 Å². The molecule has 3 nitrogen and oxygen atoms in total. The van der Waals surface area contributed by atoms with Gasteiger partial charge in [0.05, 0.1) is 6.54 Å². The van der Waals surface area contributed by atoms with E-state index in [2.05, 4.69) is 17.2 Å². The second-order valence-electron chi connectivity index (χ2n) is 5.01. The van der Waals surface area contributed by atoms with Gasteiger partial charge in [-0.3, -0.25) is 4.79 Å². The Hall–Kier alpha value is -1.79. The van der Waals surface area contributed by atoms with E-state index in [-0.39, 0.29) is 11.8 Å². The number of aryl methyl sites for hydroxylation is 1. The Labute approximate surface area is 114 Å². The maximum atomic E-state index is 12.0. The third-order valence-corrected chi connectivity index (χ3v) is 3.55. The smallest absolute Gasteiger partial charge is 0.227 e. The van der Waals surface area contributed by atoms with Gasteiger partial charge in [-0.2, -0.15) is 0 Å². The Kier molecular flexibility index (Phi) is 4.59. The Morgan fingerprint density at radius 1 is 1.42 bits per heavy atom. The van der Waals surface area contributed by atoms with Crippen LogP contribution >= 0.6 is 0 Å². The van der Waals surface area contributed by atoms with Crippen LogP contribution in [0.25, 0.3) is 0 Å². The average Bonchev–Trinajstić information content (AvgIpc) is 2.92. The minimum atomic E-state index is 0.151. The lowest BCUT2D eigenvalue weighted by Crippen LogP contribution is -2.20. The molecular formula is C16H20N2O. The molecule has 1 aromatic rings. The zero-order chi connectivity index (χ0) is 13.7. The van der Waals surface area contributed by atoms with Gasteiger partial charge in [0, 0.05) is 17.2 Å². The van der Waals surface area contributed by atoms with Crippen molar-refractivity contribution in [1.29, 1.82) is 0 Å². The summed E-state index contributed by atoms with van der Waals surface area (Å²) in [6.07, 6.45) is 4.38. The van der Waals surface area contributed by atoms with Crippen molar-refractivity contribution >= 4 is 11.6 Å². The first-order valence-corrected chi connectivity index (χ1v) is 6.81. The second kappa shape index (κ2) is 6.40. The van der Waals surface area contributed by atoms with Crippen LogP contribution in [0, 0.1) is 24.7 Å². The summed E-state index contributed by atoms with van der Waals surface area (Å²) in [5.74, 6) is 6.20. The van der Waals surface area contributed by atoms with Crippen molar-refractivity contribution in [3.63, 3.8) is 0 Å². The molecule has 3 heteroatoms. The van der Waals surface area contributed by atoms with Gasteiger partial charge in [-0.25, -0.2) is 0 Å². The summed E-state index contributed by atoms with van der Waals surface area (Å²) < 4.78 is 0. The molecule has 0 saturated heterocycles. The highest BCUT2D eigenvalue weighted by molar-refractivity contribution is 5.92. The van der Waals surface area contributed by atoms with Crippen LogP contribution in [0.5, 0.6) is 0 Å². The van der Waals surface area contributed by atoms with Gasteiger partial charge in [-0.05, 0) is 43.5 Å². The van der Waals surface area contributed by atoms with E-state index in [9.17, 15) is 4.79 Å². The van der Waals surface area contributed by atoms with E-state index in [0.29, 0.717) is 6.54 Å². The fraction of sp³-hybridized carbons (Fsp3) is 0.438. The van der Waals surface area contributed by atoms with Crippen molar-refractivity contribution in [2.75, 3.05) is 11.9 Å². The number of benzene rings is 1. The highest BCUT2D eigenvalue weighted by Crippen LogP contribution is 2.26. The van der Waals surface area contributed by atoms with Crippen LogP contribution in [0.15, 0.2) is 18.2 Å². The molecule has 19 heavy (non-hydrogen) atoms. The monoisotopic (exact) mass is 256 g/mol. The van der Waals surface area contributed by atoms with Gasteiger partial charge in [-0.1, -0.05) is 24.7 Å². The third kappa shape index (κ3) is 3.59. The van der Waals surface area contributed by atoms with Crippen LogP contribution in [0.2, 0.25) is 0 Å². The van der Waals surface area contributed by atoms with Crippen LogP contribution in [0.1, 0.15) is 36.8 Å². The quantitative estimate of drug-likeness (QED) is 0.798. The van der Waals surface area contributed by atoms with E-state index in [1.165, 1.54) is 12.8 Å². The fourth-order valence-corrected chi connectivity index (χ4v) is 2.46. The maximum Gasteiger partial charge on any atom is 0.227 e. The molecule has 1 aromatic carbocycles. The summed E-state index contributed by atoms with van der Waals surface area (Å²) in [5.41, 5.74) is 8.24. The van der Waals surface area contributed by atoms with Crippen molar-refractivity contribution < 1.29 is 4.79 Å². The van der Waals surface area contributed by atoms with E-state index >= 15 is 0 Å². The van der Waals surface area contributed by atoms with Crippen molar-refractivity contribution in [1.82, 2.24) is 0 Å². The summed E-state index contributed by atoms with van der Waals surface area (Å²) in [5, 5.41) is 3.00. The largest absolute Gasteiger partial charge is 0.326 e. The van der Waals surface area contributed by atoms with Gasteiger partial charge >= 0.3 is 0 Å². The molecular weight excluding hydrogens is 236 g/mol. The zero-order valence-corrected chi connectivity index (χ0v) is 11.3. The van der Waals surface area contributed by atoms with Gasteiger partial charge in [0.15, 0.2) is 0 Å². The molecule has 0 aromatic heterocycles. The lowest BCUT2D eigenvalue weighted by Gasteiger charge is -2.11. The van der Waals surface area contributed by atoms with Crippen molar-refractivity contribution in [3.8, 4) is 11.8 Å². The molecule has 0 atom stereocenters. The molecule has 3 N–H and O–H groups in total. The van der Waals surface area contributed by atoms with Crippen molar-refractivity contribution in [2.45, 2.75) is 32.6 Å². The molecule has 0 aliphatic heterocycles. The highest BCUT2D eigenvalue weighted by atomic mass is 16.1. The lowest BCUT2D eigenvalue weighted by molar-refractivity contribution is -0.119. The molecule has 0 heterocycles. The van der Waals surface area contributed by atoms with Gasteiger partial charge in [0.2, 0.25) is 5.91 Å². The molecule has 1 amide bonds. The standard InChI is InChI=1S/C16H20N2O/c1-12-11-15(9-8-13(12)7-4-10-17)18-16(19)14-5-2-3-6-14/h8-9,11,14H,2-3,5-6,10,17H2,1H3,(H,18,19). The Morgan fingerprint density at radius 3 is 2.79 bits per heavy atom. The summed E-state index contributed by atoms with van der Waals surface area (Å²) in [6, 6.07) is 5.80. The number of anilines is 1. The molecule has 0 unspecified atom stereocenters. The molecule has 0 radical (unpaired) electrons. The van der Waals surface area contributed by atoms with Crippen LogP contribution in [-0.2, 0) is 4.79 Å². The number of amides is 1. The van der Waals surface area contributed by atoms with E-state index in [4.69, 9.17) is 5.73 Å². The Balaban J connectivity index is 2.05. The van der Waals surface area contributed by atoms with Gasteiger partial charge < -0.3 is 11.1 Å². The van der Waals surface area contributed by atoms with Gasteiger partial charge in [0.1, 0.15) is 0 Å². The van der Waals surface area contributed by atoms with Gasteiger partial charge in [0.25, 0.3) is 0 Å². The minimum absolute atomic E-state index is 0.151. The molecule has 1 aliphatic carbocycles. The number of nitrogens with two attached hydrogens (primary N) is 1. The summed E-state index contributed by atoms with van der Waals surface area (Å²) >= 11 is 0. The van der Waals surface area contributed by atoms with Gasteiger partial charge in [-0.15, -0.1) is 0 Å². The zero-order valence-electron chi connectivity index (χ0n) is 11.3. The normalized spacial score (nSPS) is 14.8. The molecule has 1 fully saturated rings. The fourth-order valence-electron chi connectivity index (χ4n) is 2.46. The first kappa shape index (κ1) is 13.6. The van der Waals surface area contributed by atoms with Crippen LogP contribution in [0.4, 0.5) is 5.69 Å². The number of rotatable bonds is 2. The number of hydrogen-bond acceptors (Lipinski definition) is 2. The third-order valence-electron chi connectivity index (χ3n) is 3.55. The maximum absolute atomic E-state index is 12.0. The number of nitrogens with one attached hydrogen (secondary N) is 1. The average molecular weight is 256 g/mol. The minimum Gasteiger partial charge on any atom is -0.326 e. The summed E-state index contributed by atoms with van der Waals surface area (Å²) in [7, 11) is 0. The number of carbonyl (C=O) groups excluding carboxylic acids is 1. The van der Waals surface area contributed by atoms with Crippen molar-refractivity contribution in [2.24, 2.45) is 11.7 Å². The molecule has 1 saturated carbocycles. The van der Waals surface area contributed by atoms with E-state index < -0.39 is 0 Å². The lowest BCUT2D eigenvalue weighted by atomic mass is 10.1. The van der Waals surface area contributed by atoms with Crippen molar-refractivity contribution in [3.05, 3.63) is 29.3 Å². The molecule has 100 valence electrons. The molecule has 0 bridgehead atoms. The molecule has 0 spiro atoms. The number of hydrogen-bond donors (Lipinski definition) is 2. The summed E-state index contributed by atoms with van der Waals surface area (Å²) in [4.78, 5) is 12.0. The summed E-state index contributed by atoms with van der Waals surface area (Å²) in [6.45, 7) is 2.35. The van der Waals surface area contributed by atoms with E-state index in [1.54, 1.807) is 0 Å².